The minimum Gasteiger partial charge on any atom is -0.501 e. The summed E-state index contributed by atoms with van der Waals surface area (Å²) in [5, 5.41) is 13.6. The van der Waals surface area contributed by atoms with E-state index in [0.29, 0.717) is 33.5 Å². The van der Waals surface area contributed by atoms with E-state index in [4.69, 9.17) is 27.9 Å². The first-order valence-corrected chi connectivity index (χ1v) is 9.53. The fourth-order valence-electron chi connectivity index (χ4n) is 3.22. The molecule has 0 atom stereocenters. The van der Waals surface area contributed by atoms with E-state index < -0.39 is 22.8 Å². The lowest BCUT2D eigenvalue weighted by molar-refractivity contribution is -0.0566. The second kappa shape index (κ2) is 7.01. The van der Waals surface area contributed by atoms with Crippen LogP contribution in [0.2, 0.25) is 10.0 Å². The zero-order valence-corrected chi connectivity index (χ0v) is 17.1. The van der Waals surface area contributed by atoms with Gasteiger partial charge in [0.1, 0.15) is 17.2 Å². The third-order valence-electron chi connectivity index (χ3n) is 4.67. The number of amides is 1. The Morgan fingerprint density at radius 2 is 2.07 bits per heavy atom. The summed E-state index contributed by atoms with van der Waals surface area (Å²) in [7, 11) is 0. The van der Waals surface area contributed by atoms with Crippen LogP contribution in [0.25, 0.3) is 11.0 Å². The average molecular weight is 438 g/mol. The number of carbonyl (C=O) groups excluding carboxylic acids is 1. The number of nitrogens with zero attached hydrogens (tertiary/aromatic N) is 3. The van der Waals surface area contributed by atoms with Gasteiger partial charge < -0.3 is 20.1 Å². The van der Waals surface area contributed by atoms with Gasteiger partial charge in [0.15, 0.2) is 5.69 Å². The lowest BCUT2D eigenvalue weighted by Crippen LogP contribution is -2.42. The molecule has 1 aliphatic rings. The monoisotopic (exact) mass is 437 g/mol. The number of hydrogen-bond acceptors (Lipinski definition) is 6. The summed E-state index contributed by atoms with van der Waals surface area (Å²) < 4.78 is 6.95. The van der Waals surface area contributed by atoms with Crippen LogP contribution in [0.1, 0.15) is 36.0 Å². The van der Waals surface area contributed by atoms with E-state index in [-0.39, 0.29) is 24.6 Å². The molecule has 1 aliphatic heterocycles. The van der Waals surface area contributed by atoms with Crippen molar-refractivity contribution in [3.8, 4) is 5.75 Å². The number of fused-ring (bicyclic) bond motifs is 2. The van der Waals surface area contributed by atoms with Crippen LogP contribution in [0.4, 0.5) is 0 Å². The van der Waals surface area contributed by atoms with Crippen LogP contribution >= 0.6 is 23.2 Å². The molecule has 3 N–H and O–H groups in total. The molecule has 0 fully saturated rings. The number of carbonyl (C=O) groups is 1. The van der Waals surface area contributed by atoms with Crippen molar-refractivity contribution in [1.82, 2.24) is 24.8 Å². The van der Waals surface area contributed by atoms with Gasteiger partial charge in [-0.2, -0.15) is 0 Å². The number of aromatic nitrogens is 4. The standard InChI is InChI=1S/C18H17Cl2N5O4/c1-18(2)17-24-13(14(26)16(28)25(17)3-4-29-18)15(27)21-7-12-22-10-5-8(19)9(20)6-11(10)23-12/h5-6,26H,3-4,7H2,1-2H3,(H,21,27)(H,22,23). The fourth-order valence-corrected chi connectivity index (χ4v) is 3.54. The highest BCUT2D eigenvalue weighted by Crippen LogP contribution is 2.28. The summed E-state index contributed by atoms with van der Waals surface area (Å²) in [4.78, 5) is 36.6. The van der Waals surface area contributed by atoms with Crippen LogP contribution in [-0.4, -0.2) is 37.1 Å². The molecule has 0 bridgehead atoms. The van der Waals surface area contributed by atoms with Crippen molar-refractivity contribution in [2.75, 3.05) is 6.61 Å². The predicted molar refractivity (Wildman–Crippen MR) is 106 cm³/mol. The topological polar surface area (TPSA) is 122 Å². The molecule has 3 aromatic rings. The molecule has 0 radical (unpaired) electrons. The lowest BCUT2D eigenvalue weighted by Gasteiger charge is -2.32. The maximum absolute atomic E-state index is 12.6. The number of benzene rings is 1. The van der Waals surface area contributed by atoms with Crippen LogP contribution in [-0.2, 0) is 23.4 Å². The molecule has 152 valence electrons. The zero-order chi connectivity index (χ0) is 20.9. The smallest absolute Gasteiger partial charge is 0.296 e. The van der Waals surface area contributed by atoms with Gasteiger partial charge in [0, 0.05) is 0 Å². The predicted octanol–water partition coefficient (Wildman–Crippen LogP) is 2.33. The van der Waals surface area contributed by atoms with Crippen LogP contribution in [0.15, 0.2) is 16.9 Å². The van der Waals surface area contributed by atoms with Gasteiger partial charge in [-0.05, 0) is 26.0 Å². The quantitative estimate of drug-likeness (QED) is 0.577. The molecule has 9 nitrogen and oxygen atoms in total. The number of H-pyrrole nitrogens is 1. The normalized spacial score (nSPS) is 15.3. The van der Waals surface area contributed by atoms with E-state index in [0.717, 1.165) is 0 Å². The van der Waals surface area contributed by atoms with Crippen LogP contribution < -0.4 is 10.9 Å². The minimum absolute atomic E-state index is 0.0161. The van der Waals surface area contributed by atoms with E-state index in [9.17, 15) is 14.7 Å². The van der Waals surface area contributed by atoms with Crippen molar-refractivity contribution in [2.24, 2.45) is 0 Å². The number of hydrogen-bond donors (Lipinski definition) is 3. The highest BCUT2D eigenvalue weighted by atomic mass is 35.5. The average Bonchev–Trinajstić information content (AvgIpc) is 3.04. The molecule has 1 aromatic carbocycles. The van der Waals surface area contributed by atoms with E-state index in [1.807, 2.05) is 0 Å². The Morgan fingerprint density at radius 3 is 2.83 bits per heavy atom. The van der Waals surface area contributed by atoms with Gasteiger partial charge in [-0.15, -0.1) is 0 Å². The van der Waals surface area contributed by atoms with Crippen molar-refractivity contribution in [3.05, 3.63) is 49.9 Å². The largest absolute Gasteiger partial charge is 0.501 e. The molecule has 11 heteroatoms. The highest BCUT2D eigenvalue weighted by Gasteiger charge is 2.34. The molecule has 0 aliphatic carbocycles. The number of ether oxygens (including phenoxy) is 1. The molecule has 0 saturated heterocycles. The number of halogens is 2. The molecule has 4 rings (SSSR count). The second-order valence-electron chi connectivity index (χ2n) is 7.10. The van der Waals surface area contributed by atoms with E-state index in [1.54, 1.807) is 26.0 Å². The number of imidazole rings is 1. The van der Waals surface area contributed by atoms with Gasteiger partial charge >= 0.3 is 0 Å². The molecule has 0 saturated carbocycles. The summed E-state index contributed by atoms with van der Waals surface area (Å²) in [6.07, 6.45) is 0. The maximum Gasteiger partial charge on any atom is 0.296 e. The summed E-state index contributed by atoms with van der Waals surface area (Å²) >= 11 is 12.0. The third kappa shape index (κ3) is 3.45. The zero-order valence-electron chi connectivity index (χ0n) is 15.5. The van der Waals surface area contributed by atoms with Crippen LogP contribution in [0.5, 0.6) is 5.75 Å². The van der Waals surface area contributed by atoms with Gasteiger partial charge in [0.05, 0.1) is 40.8 Å². The fraction of sp³-hybridized carbons (Fsp3) is 0.333. The Bertz CT molecular complexity index is 1160. The first kappa shape index (κ1) is 19.7. The van der Waals surface area contributed by atoms with Gasteiger partial charge in [0.2, 0.25) is 5.75 Å². The van der Waals surface area contributed by atoms with Gasteiger partial charge in [-0.3, -0.25) is 14.2 Å². The summed E-state index contributed by atoms with van der Waals surface area (Å²) in [6, 6.07) is 3.25. The molecular formula is C18H17Cl2N5O4. The second-order valence-corrected chi connectivity index (χ2v) is 7.91. The molecule has 0 unspecified atom stereocenters. The molecule has 0 spiro atoms. The number of aromatic hydroxyl groups is 1. The Labute approximate surface area is 174 Å². The van der Waals surface area contributed by atoms with E-state index in [1.165, 1.54) is 4.57 Å². The Balaban J connectivity index is 1.61. The van der Waals surface area contributed by atoms with Crippen molar-refractivity contribution in [2.45, 2.75) is 32.5 Å². The summed E-state index contributed by atoms with van der Waals surface area (Å²) in [5.41, 5.74) is -0.644. The Morgan fingerprint density at radius 1 is 1.34 bits per heavy atom. The van der Waals surface area contributed by atoms with Gasteiger partial charge in [-0.1, -0.05) is 23.2 Å². The highest BCUT2D eigenvalue weighted by molar-refractivity contribution is 6.42. The lowest BCUT2D eigenvalue weighted by atomic mass is 10.1. The minimum atomic E-state index is -0.864. The molecule has 1 amide bonds. The van der Waals surface area contributed by atoms with Crippen molar-refractivity contribution in [1.29, 1.82) is 0 Å². The van der Waals surface area contributed by atoms with Gasteiger partial charge in [-0.25, -0.2) is 9.97 Å². The van der Waals surface area contributed by atoms with Crippen molar-refractivity contribution >= 4 is 40.1 Å². The first-order chi connectivity index (χ1) is 13.7. The number of nitrogens with one attached hydrogen (secondary N) is 2. The Hall–Kier alpha value is -2.62. The SMILES string of the molecule is CC1(C)OCCn2c1nc(C(=O)NCc1nc3cc(Cl)c(Cl)cc3[nH]1)c(O)c2=O. The number of rotatable bonds is 3. The van der Waals surface area contributed by atoms with E-state index >= 15 is 0 Å². The van der Waals surface area contributed by atoms with Crippen molar-refractivity contribution in [3.63, 3.8) is 0 Å². The summed E-state index contributed by atoms with van der Waals surface area (Å²) in [5.74, 6) is -0.678. The summed E-state index contributed by atoms with van der Waals surface area (Å²) in [6.45, 7) is 4.07. The van der Waals surface area contributed by atoms with Crippen LogP contribution in [0.3, 0.4) is 0 Å². The molecular weight excluding hydrogens is 421 g/mol. The van der Waals surface area contributed by atoms with Crippen molar-refractivity contribution < 1.29 is 14.6 Å². The number of aromatic amines is 1. The first-order valence-electron chi connectivity index (χ1n) is 8.77. The van der Waals surface area contributed by atoms with Crippen LogP contribution in [0, 0.1) is 0 Å². The molecule has 3 heterocycles. The molecule has 29 heavy (non-hydrogen) atoms. The Kier molecular flexibility index (Phi) is 4.76. The molecule has 2 aromatic heterocycles. The third-order valence-corrected chi connectivity index (χ3v) is 5.39. The maximum atomic E-state index is 12.6. The van der Waals surface area contributed by atoms with Gasteiger partial charge in [0.25, 0.3) is 11.5 Å². The van der Waals surface area contributed by atoms with E-state index in [2.05, 4.69) is 20.3 Å².